The summed E-state index contributed by atoms with van der Waals surface area (Å²) in [4.78, 5) is 8.68. The molecule has 1 fully saturated rings. The van der Waals surface area contributed by atoms with Gasteiger partial charge in [-0.1, -0.05) is 39.3 Å². The van der Waals surface area contributed by atoms with Crippen molar-refractivity contribution in [2.45, 2.75) is 65.8 Å². The third-order valence-corrected chi connectivity index (χ3v) is 5.46. The SMILES string of the molecule is CCc1nc2ncnn2c(NC2CCC(C(C)(C)C)CC2)c1Cl. The van der Waals surface area contributed by atoms with Gasteiger partial charge in [0.05, 0.1) is 5.69 Å². The van der Waals surface area contributed by atoms with Crippen LogP contribution in [0.1, 0.15) is 59.1 Å². The summed E-state index contributed by atoms with van der Waals surface area (Å²) in [6, 6.07) is 0.436. The molecule has 0 aliphatic heterocycles. The van der Waals surface area contributed by atoms with Gasteiger partial charge in [0.2, 0.25) is 0 Å². The van der Waals surface area contributed by atoms with Crippen LogP contribution in [0, 0.1) is 11.3 Å². The molecule has 126 valence electrons. The molecule has 23 heavy (non-hydrogen) atoms. The second kappa shape index (κ2) is 6.27. The minimum absolute atomic E-state index is 0.397. The van der Waals surface area contributed by atoms with Crippen LogP contribution in [0.25, 0.3) is 5.78 Å². The number of nitrogens with one attached hydrogen (secondary N) is 1. The molecule has 0 unspecified atom stereocenters. The maximum Gasteiger partial charge on any atom is 0.254 e. The number of rotatable bonds is 3. The quantitative estimate of drug-likeness (QED) is 0.905. The van der Waals surface area contributed by atoms with Gasteiger partial charge in [-0.25, -0.2) is 4.98 Å². The van der Waals surface area contributed by atoms with E-state index in [0.717, 1.165) is 36.7 Å². The Morgan fingerprint density at radius 2 is 1.96 bits per heavy atom. The van der Waals surface area contributed by atoms with E-state index in [2.05, 4.69) is 48.1 Å². The van der Waals surface area contributed by atoms with E-state index >= 15 is 0 Å². The highest BCUT2D eigenvalue weighted by atomic mass is 35.5. The van der Waals surface area contributed by atoms with Gasteiger partial charge in [0.25, 0.3) is 5.78 Å². The largest absolute Gasteiger partial charge is 0.366 e. The lowest BCUT2D eigenvalue weighted by Gasteiger charge is -2.37. The van der Waals surface area contributed by atoms with Gasteiger partial charge in [-0.2, -0.15) is 14.6 Å². The molecule has 2 aromatic rings. The molecule has 5 nitrogen and oxygen atoms in total. The smallest absolute Gasteiger partial charge is 0.254 e. The molecule has 0 spiro atoms. The molecule has 0 radical (unpaired) electrons. The van der Waals surface area contributed by atoms with Crippen molar-refractivity contribution in [2.24, 2.45) is 11.3 Å². The Balaban J connectivity index is 1.80. The Kier molecular flexibility index (Phi) is 4.50. The second-order valence-corrected chi connectivity index (χ2v) is 7.98. The predicted octanol–water partition coefficient (Wildman–Crippen LogP) is 4.36. The van der Waals surface area contributed by atoms with Gasteiger partial charge in [0.15, 0.2) is 5.82 Å². The fourth-order valence-electron chi connectivity index (χ4n) is 3.52. The van der Waals surface area contributed by atoms with Gasteiger partial charge in [-0.05, 0) is 43.4 Å². The maximum atomic E-state index is 6.55. The van der Waals surface area contributed by atoms with Gasteiger partial charge in [0.1, 0.15) is 11.3 Å². The van der Waals surface area contributed by atoms with Crippen molar-refractivity contribution in [2.75, 3.05) is 5.32 Å². The summed E-state index contributed by atoms with van der Waals surface area (Å²) in [7, 11) is 0. The molecule has 0 saturated heterocycles. The monoisotopic (exact) mass is 335 g/mol. The average Bonchev–Trinajstić information content (AvgIpc) is 2.97. The first kappa shape index (κ1) is 16.5. The van der Waals surface area contributed by atoms with Crippen LogP contribution in [-0.2, 0) is 6.42 Å². The molecule has 0 bridgehead atoms. The van der Waals surface area contributed by atoms with Crippen LogP contribution in [-0.4, -0.2) is 25.6 Å². The van der Waals surface area contributed by atoms with Crippen molar-refractivity contribution in [1.82, 2.24) is 19.6 Å². The zero-order valence-electron chi connectivity index (χ0n) is 14.4. The lowest BCUT2D eigenvalue weighted by atomic mass is 9.71. The Morgan fingerprint density at radius 3 is 2.57 bits per heavy atom. The topological polar surface area (TPSA) is 55.1 Å². The molecule has 2 aromatic heterocycles. The van der Waals surface area contributed by atoms with Crippen molar-refractivity contribution in [1.29, 1.82) is 0 Å². The van der Waals surface area contributed by atoms with Crippen LogP contribution in [0.5, 0.6) is 0 Å². The van der Waals surface area contributed by atoms with E-state index in [1.165, 1.54) is 19.2 Å². The molecule has 1 saturated carbocycles. The van der Waals surface area contributed by atoms with Gasteiger partial charge < -0.3 is 5.32 Å². The number of anilines is 1. The zero-order chi connectivity index (χ0) is 16.6. The average molecular weight is 336 g/mol. The highest BCUT2D eigenvalue weighted by Crippen LogP contribution is 2.39. The van der Waals surface area contributed by atoms with Crippen molar-refractivity contribution in [3.8, 4) is 0 Å². The van der Waals surface area contributed by atoms with E-state index in [9.17, 15) is 0 Å². The number of halogens is 1. The van der Waals surface area contributed by atoms with Crippen molar-refractivity contribution < 1.29 is 0 Å². The first-order valence-electron chi connectivity index (χ1n) is 8.54. The lowest BCUT2D eigenvalue weighted by Crippen LogP contribution is -2.32. The number of hydrogen-bond donors (Lipinski definition) is 1. The van der Waals surface area contributed by atoms with Gasteiger partial charge in [-0.3, -0.25) is 0 Å². The predicted molar refractivity (Wildman–Crippen MR) is 94.0 cm³/mol. The van der Waals surface area contributed by atoms with Gasteiger partial charge in [-0.15, -0.1) is 0 Å². The van der Waals surface area contributed by atoms with Crippen LogP contribution in [0.15, 0.2) is 6.33 Å². The minimum atomic E-state index is 0.397. The van der Waals surface area contributed by atoms with E-state index in [1.807, 2.05) is 0 Å². The number of hydrogen-bond acceptors (Lipinski definition) is 4. The molecular formula is C17H26ClN5. The molecule has 1 N–H and O–H groups in total. The third kappa shape index (κ3) is 3.30. The van der Waals surface area contributed by atoms with Gasteiger partial charge >= 0.3 is 0 Å². The van der Waals surface area contributed by atoms with E-state index in [0.29, 0.717) is 22.3 Å². The standard InChI is InChI=1S/C17H26ClN5/c1-5-13-14(18)15(23-16(22-13)19-10-20-23)21-12-8-6-11(7-9-12)17(2,3)4/h10-12,21H,5-9H2,1-4H3. The van der Waals surface area contributed by atoms with Crippen LogP contribution < -0.4 is 5.32 Å². The summed E-state index contributed by atoms with van der Waals surface area (Å²) in [5.41, 5.74) is 1.27. The third-order valence-electron chi connectivity index (χ3n) is 5.07. The van der Waals surface area contributed by atoms with Crippen LogP contribution in [0.2, 0.25) is 5.02 Å². The summed E-state index contributed by atoms with van der Waals surface area (Å²) in [6.07, 6.45) is 7.15. The summed E-state index contributed by atoms with van der Waals surface area (Å²) in [5.74, 6) is 2.24. The fraction of sp³-hybridized carbons (Fsp3) is 0.706. The highest BCUT2D eigenvalue weighted by molar-refractivity contribution is 6.33. The maximum absolute atomic E-state index is 6.55. The zero-order valence-corrected chi connectivity index (χ0v) is 15.2. The second-order valence-electron chi connectivity index (χ2n) is 7.61. The van der Waals surface area contributed by atoms with E-state index in [-0.39, 0.29) is 0 Å². The van der Waals surface area contributed by atoms with Crippen LogP contribution in [0.3, 0.4) is 0 Å². The molecule has 1 aliphatic carbocycles. The Labute approximate surface area is 142 Å². The Morgan fingerprint density at radius 1 is 1.26 bits per heavy atom. The summed E-state index contributed by atoms with van der Waals surface area (Å²) < 4.78 is 1.72. The molecule has 6 heteroatoms. The first-order valence-corrected chi connectivity index (χ1v) is 8.92. The van der Waals surface area contributed by atoms with Crippen molar-refractivity contribution in [3.63, 3.8) is 0 Å². The molecule has 0 atom stereocenters. The molecule has 1 aliphatic rings. The van der Waals surface area contributed by atoms with Crippen molar-refractivity contribution >= 4 is 23.2 Å². The minimum Gasteiger partial charge on any atom is -0.366 e. The molecule has 0 aromatic carbocycles. The van der Waals surface area contributed by atoms with E-state index < -0.39 is 0 Å². The Bertz CT molecular complexity index is 680. The summed E-state index contributed by atoms with van der Waals surface area (Å²) >= 11 is 6.55. The number of fused-ring (bicyclic) bond motifs is 1. The van der Waals surface area contributed by atoms with Crippen LogP contribution in [0.4, 0.5) is 5.82 Å². The highest BCUT2D eigenvalue weighted by Gasteiger charge is 2.30. The molecule has 3 rings (SSSR count). The summed E-state index contributed by atoms with van der Waals surface area (Å²) in [5, 5.41) is 8.55. The van der Waals surface area contributed by atoms with Crippen molar-refractivity contribution in [3.05, 3.63) is 17.0 Å². The van der Waals surface area contributed by atoms with Gasteiger partial charge in [0, 0.05) is 6.04 Å². The molecular weight excluding hydrogens is 310 g/mol. The number of aromatic nitrogens is 4. The molecule has 2 heterocycles. The Hall–Kier alpha value is -1.36. The normalized spacial score (nSPS) is 22.5. The fourth-order valence-corrected chi connectivity index (χ4v) is 3.84. The number of aryl methyl sites for hydroxylation is 1. The number of nitrogens with zero attached hydrogens (tertiary/aromatic N) is 4. The van der Waals surface area contributed by atoms with E-state index in [4.69, 9.17) is 11.6 Å². The first-order chi connectivity index (χ1) is 10.9. The lowest BCUT2D eigenvalue weighted by molar-refractivity contribution is 0.173. The summed E-state index contributed by atoms with van der Waals surface area (Å²) in [6.45, 7) is 9.09. The van der Waals surface area contributed by atoms with E-state index in [1.54, 1.807) is 4.52 Å². The molecule has 0 amide bonds. The van der Waals surface area contributed by atoms with Crippen LogP contribution >= 0.6 is 11.6 Å².